The van der Waals surface area contributed by atoms with Gasteiger partial charge in [-0.3, -0.25) is 19.2 Å². The van der Waals surface area contributed by atoms with Crippen LogP contribution < -0.4 is 4.31 Å². The highest BCUT2D eigenvalue weighted by Crippen LogP contribution is 2.29. The average molecular weight is 405 g/mol. The number of amides is 1. The van der Waals surface area contributed by atoms with E-state index in [4.69, 9.17) is 0 Å². The molecule has 2 aromatic carbocycles. The molecule has 0 aromatic heterocycles. The number of rotatable bonds is 7. The molecule has 0 saturated carbocycles. The van der Waals surface area contributed by atoms with Gasteiger partial charge in [-0.2, -0.15) is 0 Å². The van der Waals surface area contributed by atoms with Gasteiger partial charge in [0.2, 0.25) is 15.9 Å². The summed E-state index contributed by atoms with van der Waals surface area (Å²) in [5, 5.41) is 11.1. The maximum absolute atomic E-state index is 12.9. The first-order valence-electron chi connectivity index (χ1n) is 8.55. The number of anilines is 1. The summed E-state index contributed by atoms with van der Waals surface area (Å²) in [5.74, 6) is -0.416. The van der Waals surface area contributed by atoms with Crippen LogP contribution >= 0.6 is 0 Å². The van der Waals surface area contributed by atoms with Gasteiger partial charge in [-0.15, -0.1) is 0 Å². The summed E-state index contributed by atoms with van der Waals surface area (Å²) >= 11 is 0. The van der Waals surface area contributed by atoms with Gasteiger partial charge in [0.1, 0.15) is 6.04 Å². The molecule has 1 atom stereocenters. The quantitative estimate of drug-likeness (QED) is 0.521. The fraction of sp³-hybridized carbons (Fsp3) is 0.316. The van der Waals surface area contributed by atoms with Crippen LogP contribution in [0.3, 0.4) is 0 Å². The molecule has 2 aromatic rings. The molecule has 9 heteroatoms. The largest absolute Gasteiger partial charge is 0.340 e. The number of nitro groups is 1. The molecule has 0 saturated heterocycles. The molecule has 0 spiro atoms. The standard InChI is InChI=1S/C19H23N3O5S/c1-14-10-11-17(22(24)25)12-18(14)21(28(4,26)27)15(2)19(23)20(3)13-16-8-6-5-7-9-16/h5-12,15H,13H2,1-4H3/t15-/m1/s1. The van der Waals surface area contributed by atoms with Gasteiger partial charge in [-0.25, -0.2) is 8.42 Å². The molecule has 0 fully saturated rings. The lowest BCUT2D eigenvalue weighted by molar-refractivity contribution is -0.384. The first kappa shape index (κ1) is 21.4. The van der Waals surface area contributed by atoms with Crippen molar-refractivity contribution in [3.63, 3.8) is 0 Å². The van der Waals surface area contributed by atoms with Crippen molar-refractivity contribution in [1.29, 1.82) is 0 Å². The molecule has 0 aliphatic heterocycles. The smallest absolute Gasteiger partial charge is 0.271 e. The Kier molecular flexibility index (Phi) is 6.40. The number of benzene rings is 2. The van der Waals surface area contributed by atoms with Crippen molar-refractivity contribution in [2.45, 2.75) is 26.4 Å². The fourth-order valence-electron chi connectivity index (χ4n) is 2.98. The molecular weight excluding hydrogens is 382 g/mol. The van der Waals surface area contributed by atoms with E-state index in [1.165, 1.54) is 30.0 Å². The molecule has 0 unspecified atom stereocenters. The molecular formula is C19H23N3O5S. The van der Waals surface area contributed by atoms with Gasteiger partial charge in [-0.1, -0.05) is 36.4 Å². The molecule has 0 N–H and O–H groups in total. The third-order valence-corrected chi connectivity index (χ3v) is 5.57. The third kappa shape index (κ3) is 4.86. The number of nitrogens with zero attached hydrogens (tertiary/aromatic N) is 3. The Bertz CT molecular complexity index is 976. The molecule has 0 bridgehead atoms. The Hall–Kier alpha value is -2.94. The predicted octanol–water partition coefficient (Wildman–Crippen LogP) is 2.72. The van der Waals surface area contributed by atoms with Gasteiger partial charge in [-0.05, 0) is 25.0 Å². The lowest BCUT2D eigenvalue weighted by Crippen LogP contribution is -2.48. The maximum Gasteiger partial charge on any atom is 0.271 e. The number of aryl methyl sites for hydroxylation is 1. The van der Waals surface area contributed by atoms with Gasteiger partial charge in [0, 0.05) is 25.7 Å². The summed E-state index contributed by atoms with van der Waals surface area (Å²) in [6, 6.07) is 12.2. The zero-order chi connectivity index (χ0) is 21.1. The zero-order valence-electron chi connectivity index (χ0n) is 16.2. The lowest BCUT2D eigenvalue weighted by atomic mass is 10.1. The summed E-state index contributed by atoms with van der Waals surface area (Å²) in [7, 11) is -2.28. The summed E-state index contributed by atoms with van der Waals surface area (Å²) < 4.78 is 25.9. The second-order valence-corrected chi connectivity index (χ2v) is 8.50. The summed E-state index contributed by atoms with van der Waals surface area (Å²) in [6.07, 6.45) is 0.978. The minimum absolute atomic E-state index is 0.116. The molecule has 8 nitrogen and oxygen atoms in total. The molecule has 0 aliphatic carbocycles. The van der Waals surface area contributed by atoms with Crippen molar-refractivity contribution in [2.75, 3.05) is 17.6 Å². The van der Waals surface area contributed by atoms with Crippen molar-refractivity contribution < 1.29 is 18.1 Å². The number of sulfonamides is 1. The molecule has 1 amide bonds. The molecule has 28 heavy (non-hydrogen) atoms. The van der Waals surface area contributed by atoms with Crippen LogP contribution in [0, 0.1) is 17.0 Å². The van der Waals surface area contributed by atoms with E-state index < -0.39 is 26.9 Å². The van der Waals surface area contributed by atoms with E-state index in [1.54, 1.807) is 14.0 Å². The highest BCUT2D eigenvalue weighted by molar-refractivity contribution is 7.92. The highest BCUT2D eigenvalue weighted by Gasteiger charge is 2.32. The Labute approximate surface area is 164 Å². The monoisotopic (exact) mass is 405 g/mol. The number of nitro benzene ring substituents is 1. The zero-order valence-corrected chi connectivity index (χ0v) is 17.0. The summed E-state index contributed by atoms with van der Waals surface area (Å²) in [4.78, 5) is 24.9. The molecule has 150 valence electrons. The van der Waals surface area contributed by atoms with Crippen molar-refractivity contribution in [3.8, 4) is 0 Å². The number of hydrogen-bond donors (Lipinski definition) is 0. The predicted molar refractivity (Wildman–Crippen MR) is 108 cm³/mol. The van der Waals surface area contributed by atoms with Crippen LogP contribution in [0.5, 0.6) is 0 Å². The first-order chi connectivity index (χ1) is 13.0. The van der Waals surface area contributed by atoms with E-state index in [1.807, 2.05) is 30.3 Å². The van der Waals surface area contributed by atoms with E-state index in [0.29, 0.717) is 12.1 Å². The van der Waals surface area contributed by atoms with Crippen LogP contribution in [0.1, 0.15) is 18.1 Å². The highest BCUT2D eigenvalue weighted by atomic mass is 32.2. The second-order valence-electron chi connectivity index (χ2n) is 6.64. The Morgan fingerprint density at radius 1 is 1.18 bits per heavy atom. The van der Waals surface area contributed by atoms with Crippen molar-refractivity contribution in [3.05, 3.63) is 69.8 Å². The van der Waals surface area contributed by atoms with Crippen LogP contribution in [0.2, 0.25) is 0 Å². The average Bonchev–Trinajstić information content (AvgIpc) is 2.62. The van der Waals surface area contributed by atoms with Gasteiger partial charge < -0.3 is 4.90 Å². The van der Waals surface area contributed by atoms with Crippen molar-refractivity contribution in [2.24, 2.45) is 0 Å². The van der Waals surface area contributed by atoms with E-state index in [9.17, 15) is 23.3 Å². The number of likely N-dealkylation sites (N-methyl/N-ethyl adjacent to an activating group) is 1. The van der Waals surface area contributed by atoms with Crippen LogP contribution in [0.25, 0.3) is 0 Å². The Morgan fingerprint density at radius 3 is 2.32 bits per heavy atom. The fourth-order valence-corrected chi connectivity index (χ4v) is 4.20. The van der Waals surface area contributed by atoms with Crippen LogP contribution in [0.15, 0.2) is 48.5 Å². The van der Waals surface area contributed by atoms with Crippen LogP contribution in [-0.2, 0) is 21.4 Å². The Balaban J connectivity index is 2.39. The molecule has 0 radical (unpaired) electrons. The summed E-state index contributed by atoms with van der Waals surface area (Å²) in [5.41, 5.74) is 1.29. The maximum atomic E-state index is 12.9. The van der Waals surface area contributed by atoms with E-state index in [0.717, 1.165) is 16.1 Å². The molecule has 0 heterocycles. The minimum atomic E-state index is -3.87. The number of non-ortho nitro benzene ring substituents is 1. The topological polar surface area (TPSA) is 101 Å². The number of carbonyl (C=O) groups excluding carboxylic acids is 1. The van der Waals surface area contributed by atoms with Crippen LogP contribution in [-0.4, -0.2) is 43.5 Å². The second kappa shape index (κ2) is 8.39. The number of carbonyl (C=O) groups is 1. The molecule has 2 rings (SSSR count). The van der Waals surface area contributed by atoms with Gasteiger partial charge in [0.15, 0.2) is 0 Å². The normalized spacial score (nSPS) is 12.3. The minimum Gasteiger partial charge on any atom is -0.340 e. The SMILES string of the molecule is Cc1ccc([N+](=O)[O-])cc1N([C@H](C)C(=O)N(C)Cc1ccccc1)S(C)(=O)=O. The van der Waals surface area contributed by atoms with Crippen molar-refractivity contribution >= 4 is 27.3 Å². The van der Waals surface area contributed by atoms with E-state index >= 15 is 0 Å². The van der Waals surface area contributed by atoms with Crippen LogP contribution in [0.4, 0.5) is 11.4 Å². The number of hydrogen-bond acceptors (Lipinski definition) is 5. The molecule has 0 aliphatic rings. The first-order valence-corrected chi connectivity index (χ1v) is 10.4. The van der Waals surface area contributed by atoms with E-state index in [-0.39, 0.29) is 11.4 Å². The summed E-state index contributed by atoms with van der Waals surface area (Å²) in [6.45, 7) is 3.43. The van der Waals surface area contributed by atoms with Gasteiger partial charge >= 0.3 is 0 Å². The third-order valence-electron chi connectivity index (χ3n) is 4.35. The van der Waals surface area contributed by atoms with Crippen molar-refractivity contribution in [1.82, 2.24) is 4.90 Å². The van der Waals surface area contributed by atoms with E-state index in [2.05, 4.69) is 0 Å². The van der Waals surface area contributed by atoms with Gasteiger partial charge in [0.05, 0.1) is 16.9 Å². The lowest BCUT2D eigenvalue weighted by Gasteiger charge is -2.32. The Morgan fingerprint density at radius 2 is 1.79 bits per heavy atom. The van der Waals surface area contributed by atoms with Gasteiger partial charge in [0.25, 0.3) is 5.69 Å².